The van der Waals surface area contributed by atoms with Crippen LogP contribution in [-0.4, -0.2) is 46.8 Å². The lowest BCUT2D eigenvalue weighted by Gasteiger charge is -2.41. The van der Waals surface area contributed by atoms with Crippen LogP contribution in [0.3, 0.4) is 0 Å². The summed E-state index contributed by atoms with van der Waals surface area (Å²) in [5, 5.41) is 12.5. The van der Waals surface area contributed by atoms with Crippen LogP contribution >= 0.6 is 11.3 Å². The summed E-state index contributed by atoms with van der Waals surface area (Å²) in [6, 6.07) is 9.48. The molecule has 1 fully saturated rings. The molecule has 1 aliphatic rings. The zero-order valence-corrected chi connectivity index (χ0v) is 13.8. The molecule has 1 N–H and O–H groups in total. The summed E-state index contributed by atoms with van der Waals surface area (Å²) in [5.41, 5.74) is 1.78. The standard InChI is InChI=1S/C17H20N2O3S/c1-12-18-14(11-23-12)9-16(21)19-7-8-22-15(10-20)17(19)13-5-3-2-4-6-13/h2-6,11,15,17,20H,7-10H2,1H3/t15-,17-/m1/s1. The average Bonchev–Trinajstić information content (AvgIpc) is 2.99. The van der Waals surface area contributed by atoms with E-state index in [2.05, 4.69) is 4.98 Å². The minimum Gasteiger partial charge on any atom is -0.394 e. The first kappa shape index (κ1) is 16.1. The Morgan fingerprint density at radius 3 is 2.87 bits per heavy atom. The van der Waals surface area contributed by atoms with Gasteiger partial charge in [0.15, 0.2) is 0 Å². The second-order valence-corrected chi connectivity index (χ2v) is 6.63. The Labute approximate surface area is 139 Å². The van der Waals surface area contributed by atoms with Gasteiger partial charge in [-0.15, -0.1) is 11.3 Å². The molecular weight excluding hydrogens is 312 g/mol. The molecule has 0 radical (unpaired) electrons. The van der Waals surface area contributed by atoms with Gasteiger partial charge in [0.05, 0.1) is 36.4 Å². The maximum absolute atomic E-state index is 12.8. The number of aromatic nitrogens is 1. The normalized spacial score (nSPS) is 21.4. The van der Waals surface area contributed by atoms with Gasteiger partial charge >= 0.3 is 0 Å². The number of rotatable bonds is 4. The third-order valence-electron chi connectivity index (χ3n) is 3.99. The van der Waals surface area contributed by atoms with Crippen molar-refractivity contribution >= 4 is 17.2 Å². The molecule has 2 heterocycles. The lowest BCUT2D eigenvalue weighted by atomic mass is 9.98. The van der Waals surface area contributed by atoms with E-state index in [1.807, 2.05) is 47.5 Å². The molecule has 2 atom stereocenters. The average molecular weight is 332 g/mol. The van der Waals surface area contributed by atoms with E-state index in [1.165, 1.54) is 0 Å². The smallest absolute Gasteiger partial charge is 0.229 e. The minimum atomic E-state index is -0.396. The Balaban J connectivity index is 1.83. The first-order valence-electron chi connectivity index (χ1n) is 7.67. The third kappa shape index (κ3) is 3.60. The van der Waals surface area contributed by atoms with Crippen LogP contribution in [0.2, 0.25) is 0 Å². The molecule has 0 bridgehead atoms. The number of morpholine rings is 1. The SMILES string of the molecule is Cc1nc(CC(=O)N2CCO[C@H](CO)[C@H]2c2ccccc2)cs1. The van der Waals surface area contributed by atoms with E-state index in [-0.39, 0.29) is 25.0 Å². The van der Waals surface area contributed by atoms with Gasteiger partial charge in [-0.05, 0) is 12.5 Å². The second-order valence-electron chi connectivity index (χ2n) is 5.57. The van der Waals surface area contributed by atoms with Gasteiger partial charge in [-0.3, -0.25) is 4.79 Å². The lowest BCUT2D eigenvalue weighted by molar-refractivity contribution is -0.149. The number of aliphatic hydroxyl groups is 1. The number of aryl methyl sites for hydroxylation is 1. The number of nitrogens with zero attached hydrogens (tertiary/aromatic N) is 2. The highest BCUT2D eigenvalue weighted by atomic mass is 32.1. The van der Waals surface area contributed by atoms with Crippen LogP contribution in [0.4, 0.5) is 0 Å². The number of thiazole rings is 1. The molecule has 0 saturated carbocycles. The number of hydrogen-bond donors (Lipinski definition) is 1. The lowest BCUT2D eigenvalue weighted by Crippen LogP contribution is -2.49. The van der Waals surface area contributed by atoms with Crippen molar-refractivity contribution in [2.24, 2.45) is 0 Å². The van der Waals surface area contributed by atoms with Crippen LogP contribution in [0.5, 0.6) is 0 Å². The van der Waals surface area contributed by atoms with Gasteiger partial charge in [0, 0.05) is 11.9 Å². The van der Waals surface area contributed by atoms with Crippen molar-refractivity contribution in [3.63, 3.8) is 0 Å². The maximum Gasteiger partial charge on any atom is 0.229 e. The van der Waals surface area contributed by atoms with Crippen LogP contribution in [0.25, 0.3) is 0 Å². The quantitative estimate of drug-likeness (QED) is 0.930. The summed E-state index contributed by atoms with van der Waals surface area (Å²) in [7, 11) is 0. The van der Waals surface area contributed by atoms with Crippen LogP contribution in [0, 0.1) is 6.92 Å². The molecule has 5 nitrogen and oxygen atoms in total. The van der Waals surface area contributed by atoms with E-state index in [1.54, 1.807) is 11.3 Å². The van der Waals surface area contributed by atoms with E-state index in [9.17, 15) is 9.90 Å². The fourth-order valence-corrected chi connectivity index (χ4v) is 3.57. The Kier molecular flexibility index (Phi) is 5.05. The summed E-state index contributed by atoms with van der Waals surface area (Å²) in [6.07, 6.45) is -0.112. The molecule has 2 aromatic rings. The first-order valence-corrected chi connectivity index (χ1v) is 8.55. The van der Waals surface area contributed by atoms with E-state index < -0.39 is 6.10 Å². The number of amides is 1. The largest absolute Gasteiger partial charge is 0.394 e. The Bertz CT molecular complexity index is 659. The van der Waals surface area contributed by atoms with Crippen molar-refractivity contribution < 1.29 is 14.6 Å². The van der Waals surface area contributed by atoms with Gasteiger partial charge in [0.2, 0.25) is 5.91 Å². The number of aliphatic hydroxyl groups excluding tert-OH is 1. The molecule has 1 aliphatic heterocycles. The number of carbonyl (C=O) groups is 1. The van der Waals surface area contributed by atoms with Crippen LogP contribution in [0.15, 0.2) is 35.7 Å². The predicted molar refractivity (Wildman–Crippen MR) is 88.3 cm³/mol. The number of benzene rings is 1. The van der Waals surface area contributed by atoms with Gasteiger partial charge < -0.3 is 14.7 Å². The van der Waals surface area contributed by atoms with Crippen molar-refractivity contribution in [3.8, 4) is 0 Å². The molecule has 23 heavy (non-hydrogen) atoms. The van der Waals surface area contributed by atoms with E-state index in [0.717, 1.165) is 16.3 Å². The molecule has 1 amide bonds. The predicted octanol–water partition coefficient (Wildman–Crippen LogP) is 1.96. The topological polar surface area (TPSA) is 62.7 Å². The highest BCUT2D eigenvalue weighted by Crippen LogP contribution is 2.30. The van der Waals surface area contributed by atoms with E-state index >= 15 is 0 Å². The molecule has 122 valence electrons. The molecule has 6 heteroatoms. The maximum atomic E-state index is 12.8. The van der Waals surface area contributed by atoms with Crippen molar-refractivity contribution in [2.75, 3.05) is 19.8 Å². The zero-order valence-electron chi connectivity index (χ0n) is 13.0. The first-order chi connectivity index (χ1) is 11.2. The minimum absolute atomic E-state index is 0.0194. The number of hydrogen-bond acceptors (Lipinski definition) is 5. The van der Waals surface area contributed by atoms with Crippen molar-refractivity contribution in [1.82, 2.24) is 9.88 Å². The summed E-state index contributed by atoms with van der Waals surface area (Å²) >= 11 is 1.55. The van der Waals surface area contributed by atoms with Gasteiger partial charge in [-0.25, -0.2) is 4.98 Å². The summed E-state index contributed by atoms with van der Waals surface area (Å²) < 4.78 is 5.67. The van der Waals surface area contributed by atoms with Gasteiger partial charge in [-0.1, -0.05) is 30.3 Å². The highest BCUT2D eigenvalue weighted by molar-refractivity contribution is 7.09. The molecular formula is C17H20N2O3S. The molecule has 1 saturated heterocycles. The summed E-state index contributed by atoms with van der Waals surface area (Å²) in [6.45, 7) is 2.79. The molecule has 0 aliphatic carbocycles. The van der Waals surface area contributed by atoms with Crippen molar-refractivity contribution in [3.05, 3.63) is 52.0 Å². The monoisotopic (exact) mass is 332 g/mol. The molecule has 3 rings (SSSR count). The fourth-order valence-electron chi connectivity index (χ4n) is 2.96. The summed E-state index contributed by atoms with van der Waals surface area (Å²) in [5.74, 6) is 0.0194. The molecule has 1 aromatic carbocycles. The van der Waals surface area contributed by atoms with Crippen LogP contribution in [-0.2, 0) is 16.0 Å². The van der Waals surface area contributed by atoms with E-state index in [4.69, 9.17) is 4.74 Å². The van der Waals surface area contributed by atoms with Crippen molar-refractivity contribution in [2.45, 2.75) is 25.5 Å². The number of carbonyl (C=O) groups excluding carboxylic acids is 1. The zero-order chi connectivity index (χ0) is 16.2. The van der Waals surface area contributed by atoms with Crippen LogP contribution < -0.4 is 0 Å². The summed E-state index contributed by atoms with van der Waals surface area (Å²) in [4.78, 5) is 19.0. The second kappa shape index (κ2) is 7.21. The Hall–Kier alpha value is -1.76. The van der Waals surface area contributed by atoms with Gasteiger partial charge in [0.25, 0.3) is 0 Å². The van der Waals surface area contributed by atoms with Crippen molar-refractivity contribution in [1.29, 1.82) is 0 Å². The van der Waals surface area contributed by atoms with E-state index in [0.29, 0.717) is 13.2 Å². The Morgan fingerprint density at radius 1 is 1.43 bits per heavy atom. The molecule has 0 spiro atoms. The van der Waals surface area contributed by atoms with Crippen LogP contribution in [0.1, 0.15) is 22.3 Å². The Morgan fingerprint density at radius 2 is 2.22 bits per heavy atom. The third-order valence-corrected chi connectivity index (χ3v) is 4.81. The van der Waals surface area contributed by atoms with Gasteiger partial charge in [0.1, 0.15) is 6.10 Å². The highest BCUT2D eigenvalue weighted by Gasteiger charge is 2.35. The molecule has 1 aromatic heterocycles. The van der Waals surface area contributed by atoms with Gasteiger partial charge in [-0.2, -0.15) is 0 Å². The fraction of sp³-hybridized carbons (Fsp3) is 0.412. The number of ether oxygens (including phenoxy) is 1. The molecule has 0 unspecified atom stereocenters.